The molecule has 1 aromatic heterocycles. The normalized spacial score (nSPS) is 21.2. The molecule has 0 aromatic carbocycles. The van der Waals surface area contributed by atoms with E-state index in [9.17, 15) is 0 Å². The number of rotatable bonds is 6. The zero-order valence-corrected chi connectivity index (χ0v) is 12.6. The minimum atomic E-state index is 0.693. The molecule has 3 nitrogen and oxygen atoms in total. The molecule has 3 heteroatoms. The highest BCUT2D eigenvalue weighted by Crippen LogP contribution is 2.20. The molecule has 1 N–H and O–H groups in total. The number of likely N-dealkylation sites (tertiary alicyclic amines) is 1. The molecule has 0 saturated carbocycles. The van der Waals surface area contributed by atoms with Gasteiger partial charge in [0.05, 0.1) is 12.8 Å². The Bertz CT molecular complexity index is 373. The molecule has 1 aliphatic heterocycles. The van der Waals surface area contributed by atoms with Crippen molar-refractivity contribution in [2.45, 2.75) is 46.7 Å². The van der Waals surface area contributed by atoms with E-state index in [0.29, 0.717) is 5.92 Å². The van der Waals surface area contributed by atoms with E-state index in [-0.39, 0.29) is 0 Å². The van der Waals surface area contributed by atoms with Crippen molar-refractivity contribution in [2.75, 3.05) is 19.6 Å². The van der Waals surface area contributed by atoms with Crippen LogP contribution in [0.1, 0.15) is 44.9 Å². The molecule has 0 aliphatic carbocycles. The number of piperidine rings is 1. The van der Waals surface area contributed by atoms with Crippen molar-refractivity contribution in [1.82, 2.24) is 10.2 Å². The molecule has 1 aliphatic rings. The van der Waals surface area contributed by atoms with Gasteiger partial charge in [-0.05, 0) is 43.8 Å². The maximum atomic E-state index is 5.68. The largest absolute Gasteiger partial charge is 0.468 e. The molecule has 0 bridgehead atoms. The lowest BCUT2D eigenvalue weighted by Gasteiger charge is -2.30. The van der Waals surface area contributed by atoms with Gasteiger partial charge in [0.2, 0.25) is 0 Å². The number of hydrogen-bond donors (Lipinski definition) is 1. The van der Waals surface area contributed by atoms with E-state index in [0.717, 1.165) is 31.3 Å². The van der Waals surface area contributed by atoms with Gasteiger partial charge in [0.1, 0.15) is 5.76 Å². The lowest BCUT2D eigenvalue weighted by molar-refractivity contribution is 0.164. The molecular weight excluding hydrogens is 236 g/mol. The highest BCUT2D eigenvalue weighted by molar-refractivity contribution is 5.16. The third-order valence-electron chi connectivity index (χ3n) is 3.81. The van der Waals surface area contributed by atoms with Gasteiger partial charge >= 0.3 is 0 Å². The van der Waals surface area contributed by atoms with Crippen molar-refractivity contribution in [3.05, 3.63) is 23.7 Å². The van der Waals surface area contributed by atoms with Crippen molar-refractivity contribution in [1.29, 1.82) is 0 Å². The van der Waals surface area contributed by atoms with Crippen LogP contribution in [0.4, 0.5) is 0 Å². The molecule has 0 spiro atoms. The van der Waals surface area contributed by atoms with Crippen molar-refractivity contribution in [3.63, 3.8) is 0 Å². The Kier molecular flexibility index (Phi) is 5.46. The highest BCUT2D eigenvalue weighted by atomic mass is 16.3. The van der Waals surface area contributed by atoms with Crippen molar-refractivity contribution >= 4 is 0 Å². The maximum Gasteiger partial charge on any atom is 0.122 e. The minimum absolute atomic E-state index is 0.693. The average molecular weight is 264 g/mol. The summed E-state index contributed by atoms with van der Waals surface area (Å²) in [6, 6.07) is 2.11. The molecular formula is C16H28N2O. The molecule has 1 fully saturated rings. The van der Waals surface area contributed by atoms with E-state index >= 15 is 0 Å². The number of nitrogens with zero attached hydrogens (tertiary/aromatic N) is 1. The summed E-state index contributed by atoms with van der Waals surface area (Å²) in [5.41, 5.74) is 1.32. The van der Waals surface area contributed by atoms with E-state index in [4.69, 9.17) is 4.42 Å². The first-order valence-corrected chi connectivity index (χ1v) is 7.63. The Hall–Kier alpha value is -0.800. The van der Waals surface area contributed by atoms with E-state index < -0.39 is 0 Å². The lowest BCUT2D eigenvalue weighted by Crippen LogP contribution is -2.34. The summed E-state index contributed by atoms with van der Waals surface area (Å²) < 4.78 is 5.68. The Morgan fingerprint density at radius 2 is 2.32 bits per heavy atom. The molecule has 0 radical (unpaired) electrons. The summed E-state index contributed by atoms with van der Waals surface area (Å²) in [5.74, 6) is 2.66. The van der Waals surface area contributed by atoms with Gasteiger partial charge in [-0.25, -0.2) is 0 Å². The summed E-state index contributed by atoms with van der Waals surface area (Å²) in [6.45, 7) is 12.2. The fourth-order valence-corrected chi connectivity index (χ4v) is 2.79. The first-order chi connectivity index (χ1) is 9.15. The summed E-state index contributed by atoms with van der Waals surface area (Å²) >= 11 is 0. The molecule has 1 aromatic rings. The molecule has 108 valence electrons. The van der Waals surface area contributed by atoms with Gasteiger partial charge in [0.25, 0.3) is 0 Å². The van der Waals surface area contributed by atoms with Gasteiger partial charge in [-0.3, -0.25) is 4.90 Å². The van der Waals surface area contributed by atoms with Gasteiger partial charge in [-0.15, -0.1) is 0 Å². The van der Waals surface area contributed by atoms with Crippen LogP contribution < -0.4 is 5.32 Å². The second kappa shape index (κ2) is 7.11. The number of furan rings is 1. The summed E-state index contributed by atoms with van der Waals surface area (Å²) in [6.07, 6.45) is 4.52. The first kappa shape index (κ1) is 14.6. The summed E-state index contributed by atoms with van der Waals surface area (Å²) in [5, 5.41) is 3.50. The van der Waals surface area contributed by atoms with Crippen LogP contribution >= 0.6 is 0 Å². The second-order valence-electron chi connectivity index (χ2n) is 6.38. The Labute approximate surface area is 117 Å². The van der Waals surface area contributed by atoms with E-state index in [1.54, 1.807) is 0 Å². The zero-order chi connectivity index (χ0) is 13.7. The smallest absolute Gasteiger partial charge is 0.122 e. The maximum absolute atomic E-state index is 5.68. The molecule has 2 rings (SSSR count). The van der Waals surface area contributed by atoms with Crippen LogP contribution in [0, 0.1) is 11.8 Å². The van der Waals surface area contributed by atoms with Gasteiger partial charge in [-0.1, -0.05) is 20.8 Å². The Morgan fingerprint density at radius 1 is 1.47 bits per heavy atom. The van der Waals surface area contributed by atoms with Crippen LogP contribution in [0.2, 0.25) is 0 Å². The number of hydrogen-bond acceptors (Lipinski definition) is 3. The predicted molar refractivity (Wildman–Crippen MR) is 78.9 cm³/mol. The van der Waals surface area contributed by atoms with Crippen molar-refractivity contribution in [3.8, 4) is 0 Å². The molecule has 0 amide bonds. The molecule has 1 saturated heterocycles. The van der Waals surface area contributed by atoms with Crippen LogP contribution in [-0.2, 0) is 13.1 Å². The molecule has 19 heavy (non-hydrogen) atoms. The average Bonchev–Trinajstić information content (AvgIpc) is 2.76. The van der Waals surface area contributed by atoms with Gasteiger partial charge in [0.15, 0.2) is 0 Å². The van der Waals surface area contributed by atoms with E-state index in [2.05, 4.69) is 37.1 Å². The van der Waals surface area contributed by atoms with Crippen LogP contribution in [-0.4, -0.2) is 24.5 Å². The van der Waals surface area contributed by atoms with Crippen LogP contribution in [0.25, 0.3) is 0 Å². The van der Waals surface area contributed by atoms with Crippen molar-refractivity contribution in [2.24, 2.45) is 11.8 Å². The highest BCUT2D eigenvalue weighted by Gasteiger charge is 2.18. The number of nitrogens with one attached hydrogen (secondary N) is 1. The Morgan fingerprint density at radius 3 is 3.05 bits per heavy atom. The fourth-order valence-electron chi connectivity index (χ4n) is 2.79. The first-order valence-electron chi connectivity index (χ1n) is 7.63. The van der Waals surface area contributed by atoms with E-state index in [1.807, 2.05) is 6.26 Å². The van der Waals surface area contributed by atoms with Crippen LogP contribution in [0.5, 0.6) is 0 Å². The van der Waals surface area contributed by atoms with Crippen LogP contribution in [0.15, 0.2) is 16.7 Å². The van der Waals surface area contributed by atoms with Gasteiger partial charge in [0, 0.05) is 18.7 Å². The molecule has 1 unspecified atom stereocenters. The molecule has 2 heterocycles. The van der Waals surface area contributed by atoms with Crippen molar-refractivity contribution < 1.29 is 4.42 Å². The standard InChI is InChI=1S/C16H28N2O/c1-13(2)9-17-10-15-6-8-19-16(15)12-18-7-4-5-14(3)11-18/h6,8,13-14,17H,4-5,7,9-12H2,1-3H3. The second-order valence-corrected chi connectivity index (χ2v) is 6.38. The minimum Gasteiger partial charge on any atom is -0.468 e. The lowest BCUT2D eigenvalue weighted by atomic mass is 10.00. The third kappa shape index (κ3) is 4.66. The van der Waals surface area contributed by atoms with Gasteiger partial charge in [-0.2, -0.15) is 0 Å². The SMILES string of the molecule is CC(C)CNCc1ccoc1CN1CCCC(C)C1. The van der Waals surface area contributed by atoms with Crippen LogP contribution in [0.3, 0.4) is 0 Å². The summed E-state index contributed by atoms with van der Waals surface area (Å²) in [4.78, 5) is 2.53. The van der Waals surface area contributed by atoms with Gasteiger partial charge < -0.3 is 9.73 Å². The molecule has 1 atom stereocenters. The zero-order valence-electron chi connectivity index (χ0n) is 12.6. The predicted octanol–water partition coefficient (Wildman–Crippen LogP) is 3.26. The fraction of sp³-hybridized carbons (Fsp3) is 0.750. The van der Waals surface area contributed by atoms with E-state index in [1.165, 1.54) is 31.5 Å². The Balaban J connectivity index is 1.84. The quantitative estimate of drug-likeness (QED) is 0.855. The summed E-state index contributed by atoms with van der Waals surface area (Å²) in [7, 11) is 0. The third-order valence-corrected chi connectivity index (χ3v) is 3.81. The monoisotopic (exact) mass is 264 g/mol. The topological polar surface area (TPSA) is 28.4 Å².